The molecular weight excluding hydrogens is 250 g/mol. The van der Waals surface area contributed by atoms with Crippen LogP contribution in [-0.4, -0.2) is 53.3 Å². The van der Waals surface area contributed by atoms with E-state index in [1.807, 2.05) is 0 Å². The highest BCUT2D eigenvalue weighted by molar-refractivity contribution is 5.80. The van der Waals surface area contributed by atoms with Crippen LogP contribution in [0.25, 0.3) is 0 Å². The summed E-state index contributed by atoms with van der Waals surface area (Å²) in [6, 6.07) is 0. The van der Waals surface area contributed by atoms with Gasteiger partial charge in [-0.25, -0.2) is 4.98 Å². The van der Waals surface area contributed by atoms with Crippen LogP contribution in [0.2, 0.25) is 0 Å². The average molecular weight is 267 g/mol. The van der Waals surface area contributed by atoms with Gasteiger partial charge in [0, 0.05) is 39.3 Å². The van der Waals surface area contributed by atoms with Crippen molar-refractivity contribution in [1.29, 1.82) is 0 Å². The maximum absolute atomic E-state index is 11.6. The molecule has 0 atom stereocenters. The van der Waals surface area contributed by atoms with Crippen molar-refractivity contribution in [3.63, 3.8) is 0 Å². The zero-order valence-electron chi connectivity index (χ0n) is 11.0. The van der Waals surface area contributed by atoms with Crippen LogP contribution in [0.1, 0.15) is 12.2 Å². The van der Waals surface area contributed by atoms with E-state index in [1.165, 1.54) is 4.90 Å². The number of aromatic nitrogens is 2. The molecule has 1 amide bonds. The first kappa shape index (κ1) is 14.9. The minimum Gasteiger partial charge on any atom is -0.454 e. The second-order valence-electron chi connectivity index (χ2n) is 4.13. The third-order valence-electron chi connectivity index (χ3n) is 2.44. The highest BCUT2D eigenvalue weighted by Gasteiger charge is 2.11. The van der Waals surface area contributed by atoms with Crippen LogP contribution in [0.3, 0.4) is 0 Å². The van der Waals surface area contributed by atoms with Crippen LogP contribution >= 0.6 is 0 Å². The average Bonchev–Trinajstić information content (AvgIpc) is 2.80. The Hall–Kier alpha value is -2.18. The fraction of sp³-hybridized carbons (Fsp3) is 0.500. The molecule has 0 saturated heterocycles. The fourth-order valence-electron chi connectivity index (χ4n) is 1.36. The molecule has 0 saturated carbocycles. The maximum atomic E-state index is 11.6. The van der Waals surface area contributed by atoms with Crippen molar-refractivity contribution < 1.29 is 19.1 Å². The minimum atomic E-state index is -0.513. The van der Waals surface area contributed by atoms with E-state index in [2.05, 4.69) is 4.98 Å². The predicted octanol–water partition coefficient (Wildman–Crippen LogP) is -0.354. The number of likely N-dealkylation sites (N-methyl/N-ethyl adjacent to an activating group) is 1. The number of aldehydes is 1. The zero-order chi connectivity index (χ0) is 14.3. The topological polar surface area (TPSA) is 81.5 Å². The van der Waals surface area contributed by atoms with Crippen LogP contribution in [0.5, 0.6) is 0 Å². The van der Waals surface area contributed by atoms with Gasteiger partial charge in [0.2, 0.25) is 0 Å². The molecule has 7 heteroatoms. The first-order valence-corrected chi connectivity index (χ1v) is 5.84. The minimum absolute atomic E-state index is 0.0189. The standard InChI is InChI=1S/C12H17N3O4/c1-14(2)11(17)9-19-12(18)8-15-6-5-13-10(15)4-3-7-16/h5-7H,3-4,8-9H2,1-2H3. The molecule has 1 aromatic rings. The van der Waals surface area contributed by atoms with Crippen molar-refractivity contribution in [2.75, 3.05) is 20.7 Å². The van der Waals surface area contributed by atoms with Gasteiger partial charge < -0.3 is 19.0 Å². The summed E-state index contributed by atoms with van der Waals surface area (Å²) in [5.74, 6) is -0.149. The van der Waals surface area contributed by atoms with Crippen LogP contribution in [0, 0.1) is 0 Å². The number of ether oxygens (including phenoxy) is 1. The zero-order valence-corrected chi connectivity index (χ0v) is 11.0. The van der Waals surface area contributed by atoms with E-state index in [1.54, 1.807) is 31.1 Å². The molecule has 104 valence electrons. The lowest BCUT2D eigenvalue weighted by atomic mass is 10.3. The second-order valence-corrected chi connectivity index (χ2v) is 4.13. The Labute approximate surface area is 111 Å². The number of nitrogens with zero attached hydrogens (tertiary/aromatic N) is 3. The van der Waals surface area contributed by atoms with Crippen molar-refractivity contribution in [3.8, 4) is 0 Å². The number of hydrogen-bond acceptors (Lipinski definition) is 5. The first-order chi connectivity index (χ1) is 9.04. The fourth-order valence-corrected chi connectivity index (χ4v) is 1.36. The molecule has 0 aliphatic carbocycles. The highest BCUT2D eigenvalue weighted by atomic mass is 16.5. The number of hydrogen-bond donors (Lipinski definition) is 0. The van der Waals surface area contributed by atoms with Crippen molar-refractivity contribution >= 4 is 18.2 Å². The highest BCUT2D eigenvalue weighted by Crippen LogP contribution is 2.01. The van der Waals surface area contributed by atoms with Gasteiger partial charge in [0.25, 0.3) is 5.91 Å². The molecular formula is C12H17N3O4. The number of esters is 1. The smallest absolute Gasteiger partial charge is 0.326 e. The molecule has 0 aliphatic rings. The lowest BCUT2D eigenvalue weighted by molar-refractivity contribution is -0.151. The Morgan fingerprint density at radius 2 is 2.21 bits per heavy atom. The van der Waals surface area contributed by atoms with E-state index in [9.17, 15) is 14.4 Å². The number of carbonyl (C=O) groups excluding carboxylic acids is 3. The molecule has 0 N–H and O–H groups in total. The van der Waals surface area contributed by atoms with Gasteiger partial charge >= 0.3 is 5.97 Å². The SMILES string of the molecule is CN(C)C(=O)COC(=O)Cn1ccnc1CCC=O. The molecule has 0 spiro atoms. The van der Waals surface area contributed by atoms with E-state index in [-0.39, 0.29) is 19.1 Å². The van der Waals surface area contributed by atoms with Gasteiger partial charge in [0.05, 0.1) is 0 Å². The molecule has 0 unspecified atom stereocenters. The number of rotatable bonds is 7. The summed E-state index contributed by atoms with van der Waals surface area (Å²) in [4.78, 5) is 38.5. The summed E-state index contributed by atoms with van der Waals surface area (Å²) in [6.07, 6.45) is 4.81. The predicted molar refractivity (Wildman–Crippen MR) is 66.3 cm³/mol. The Morgan fingerprint density at radius 3 is 2.84 bits per heavy atom. The Balaban J connectivity index is 2.46. The van der Waals surface area contributed by atoms with E-state index < -0.39 is 5.97 Å². The summed E-state index contributed by atoms with van der Waals surface area (Å²) in [6.45, 7) is -0.293. The van der Waals surface area contributed by atoms with Gasteiger partial charge in [0.1, 0.15) is 18.7 Å². The molecule has 0 bridgehead atoms. The monoisotopic (exact) mass is 267 g/mol. The molecule has 1 rings (SSSR count). The number of imidazole rings is 1. The van der Waals surface area contributed by atoms with Crippen molar-refractivity contribution in [2.45, 2.75) is 19.4 Å². The molecule has 7 nitrogen and oxygen atoms in total. The molecule has 0 aliphatic heterocycles. The Morgan fingerprint density at radius 1 is 1.47 bits per heavy atom. The van der Waals surface area contributed by atoms with Gasteiger partial charge in [-0.05, 0) is 0 Å². The Bertz CT molecular complexity index is 454. The van der Waals surface area contributed by atoms with E-state index in [4.69, 9.17) is 4.74 Å². The van der Waals surface area contributed by atoms with Crippen LogP contribution in [-0.2, 0) is 32.1 Å². The molecule has 1 aromatic heterocycles. The summed E-state index contributed by atoms with van der Waals surface area (Å²) >= 11 is 0. The summed E-state index contributed by atoms with van der Waals surface area (Å²) in [5.41, 5.74) is 0. The molecule has 1 heterocycles. The summed E-state index contributed by atoms with van der Waals surface area (Å²) in [5, 5.41) is 0. The second kappa shape index (κ2) is 7.30. The number of amides is 1. The molecule has 0 fully saturated rings. The largest absolute Gasteiger partial charge is 0.454 e. The van der Waals surface area contributed by atoms with Crippen molar-refractivity contribution in [3.05, 3.63) is 18.2 Å². The van der Waals surface area contributed by atoms with Gasteiger partial charge in [-0.1, -0.05) is 0 Å². The Kier molecular flexibility index (Phi) is 5.72. The summed E-state index contributed by atoms with van der Waals surface area (Å²) in [7, 11) is 3.17. The van der Waals surface area contributed by atoms with Crippen molar-refractivity contribution in [2.24, 2.45) is 0 Å². The molecule has 19 heavy (non-hydrogen) atoms. The van der Waals surface area contributed by atoms with Gasteiger partial charge in [-0.3, -0.25) is 9.59 Å². The summed E-state index contributed by atoms with van der Waals surface area (Å²) < 4.78 is 6.45. The van der Waals surface area contributed by atoms with E-state index in [0.29, 0.717) is 18.7 Å². The quantitative estimate of drug-likeness (QED) is 0.498. The maximum Gasteiger partial charge on any atom is 0.326 e. The van der Waals surface area contributed by atoms with Gasteiger partial charge in [0.15, 0.2) is 6.61 Å². The molecule has 0 aromatic carbocycles. The van der Waals surface area contributed by atoms with Crippen LogP contribution in [0.15, 0.2) is 12.4 Å². The normalized spacial score (nSPS) is 10.0. The third kappa shape index (κ3) is 4.90. The number of aryl methyl sites for hydroxylation is 1. The third-order valence-corrected chi connectivity index (χ3v) is 2.44. The van der Waals surface area contributed by atoms with Gasteiger partial charge in [-0.2, -0.15) is 0 Å². The van der Waals surface area contributed by atoms with Crippen LogP contribution in [0.4, 0.5) is 0 Å². The lowest BCUT2D eigenvalue weighted by Gasteiger charge is -2.11. The number of carbonyl (C=O) groups is 3. The lowest BCUT2D eigenvalue weighted by Crippen LogP contribution is -2.28. The van der Waals surface area contributed by atoms with Crippen molar-refractivity contribution in [1.82, 2.24) is 14.5 Å². The van der Waals surface area contributed by atoms with Gasteiger partial charge in [-0.15, -0.1) is 0 Å². The first-order valence-electron chi connectivity index (χ1n) is 5.84. The van der Waals surface area contributed by atoms with E-state index in [0.717, 1.165) is 6.29 Å². The molecule has 0 radical (unpaired) electrons. The van der Waals surface area contributed by atoms with Crippen LogP contribution < -0.4 is 0 Å². The van der Waals surface area contributed by atoms with E-state index >= 15 is 0 Å².